The number of aromatic nitrogens is 1. The lowest BCUT2D eigenvalue weighted by atomic mass is 9.99. The van der Waals surface area contributed by atoms with Crippen molar-refractivity contribution in [2.24, 2.45) is 0 Å². The highest BCUT2D eigenvalue weighted by Crippen LogP contribution is 2.43. The van der Waals surface area contributed by atoms with Crippen LogP contribution in [0, 0.1) is 12.7 Å². The summed E-state index contributed by atoms with van der Waals surface area (Å²) in [5, 5.41) is 11.5. The molecule has 1 aliphatic rings. The summed E-state index contributed by atoms with van der Waals surface area (Å²) in [6.45, 7) is 1.71. The third kappa shape index (κ3) is 3.54. The fourth-order valence-electron chi connectivity index (χ4n) is 3.85. The normalized spacial score (nSPS) is 16.0. The monoisotopic (exact) mass is 460 g/mol. The Kier molecular flexibility index (Phi) is 5.14. The van der Waals surface area contributed by atoms with Gasteiger partial charge in [0.25, 0.3) is 5.91 Å². The largest absolute Gasteiger partial charge is 0.503 e. The van der Waals surface area contributed by atoms with Crippen LogP contribution in [0.4, 0.5) is 10.1 Å². The number of halogens is 1. The molecule has 33 heavy (non-hydrogen) atoms. The van der Waals surface area contributed by atoms with Gasteiger partial charge in [-0.15, -0.1) is 11.3 Å². The van der Waals surface area contributed by atoms with E-state index in [1.54, 1.807) is 19.1 Å². The number of nitrogens with zero attached hydrogens (tertiary/aromatic N) is 2. The molecule has 0 radical (unpaired) electrons. The Labute approximate surface area is 192 Å². The Hall–Kier alpha value is -4.04. The maximum absolute atomic E-state index is 13.7. The van der Waals surface area contributed by atoms with Gasteiger partial charge in [-0.2, -0.15) is 0 Å². The average Bonchev–Trinajstić information content (AvgIpc) is 3.54. The first kappa shape index (κ1) is 20.8. The molecule has 0 aliphatic carbocycles. The fourth-order valence-corrected chi connectivity index (χ4v) is 4.88. The van der Waals surface area contributed by atoms with Crippen LogP contribution < -0.4 is 4.90 Å². The lowest BCUT2D eigenvalue weighted by molar-refractivity contribution is -0.117. The number of Topliss-reactive ketones (excluding diaryl/α,β-unsaturated/α-hetero) is 1. The maximum atomic E-state index is 13.7. The Bertz CT molecular complexity index is 1380. The van der Waals surface area contributed by atoms with E-state index in [0.717, 1.165) is 5.56 Å². The quantitative estimate of drug-likeness (QED) is 0.390. The molecular formula is C25H17FN2O4S. The standard InChI is InChI=1S/C25H17FN2O4S/c1-14-23(33-24(27-14)15-6-3-2-4-7-15)21(29)19-20(18-8-5-13-32-18)28(25(31)22(19)30)17-11-9-16(26)10-12-17/h2-13,20,30H,1H3. The van der Waals surface area contributed by atoms with Crippen molar-refractivity contribution in [3.05, 3.63) is 106 Å². The zero-order valence-electron chi connectivity index (χ0n) is 17.4. The number of hydrogen-bond acceptors (Lipinski definition) is 6. The molecule has 1 atom stereocenters. The minimum Gasteiger partial charge on any atom is -0.503 e. The van der Waals surface area contributed by atoms with Crippen molar-refractivity contribution in [3.8, 4) is 10.6 Å². The van der Waals surface area contributed by atoms with Crippen molar-refractivity contribution in [1.29, 1.82) is 0 Å². The molecule has 0 saturated heterocycles. The average molecular weight is 460 g/mol. The van der Waals surface area contributed by atoms with Crippen LogP contribution in [0.15, 0.2) is 88.7 Å². The van der Waals surface area contributed by atoms with E-state index in [1.807, 2.05) is 30.3 Å². The van der Waals surface area contributed by atoms with E-state index in [2.05, 4.69) is 4.98 Å². The number of thiazole rings is 1. The second-order valence-electron chi connectivity index (χ2n) is 7.46. The van der Waals surface area contributed by atoms with Crippen LogP contribution in [0.25, 0.3) is 10.6 Å². The summed E-state index contributed by atoms with van der Waals surface area (Å²) in [6.07, 6.45) is 1.42. The summed E-state index contributed by atoms with van der Waals surface area (Å²) < 4.78 is 19.0. The fraction of sp³-hybridized carbons (Fsp3) is 0.0800. The number of furan rings is 1. The number of rotatable bonds is 5. The highest BCUT2D eigenvalue weighted by Gasteiger charge is 2.46. The molecule has 3 heterocycles. The molecule has 0 bridgehead atoms. The van der Waals surface area contributed by atoms with Crippen molar-refractivity contribution in [3.63, 3.8) is 0 Å². The van der Waals surface area contributed by atoms with E-state index in [-0.39, 0.29) is 5.57 Å². The summed E-state index contributed by atoms with van der Waals surface area (Å²) >= 11 is 1.19. The van der Waals surface area contributed by atoms with Crippen molar-refractivity contribution in [2.45, 2.75) is 13.0 Å². The molecule has 2 aromatic carbocycles. The molecule has 4 aromatic rings. The Balaban J connectivity index is 1.60. The molecule has 8 heteroatoms. The molecule has 0 spiro atoms. The zero-order chi connectivity index (χ0) is 23.1. The highest BCUT2D eigenvalue weighted by atomic mass is 32.1. The van der Waals surface area contributed by atoms with Crippen LogP contribution in [-0.4, -0.2) is 21.8 Å². The summed E-state index contributed by atoms with van der Waals surface area (Å²) in [4.78, 5) is 32.8. The molecular weight excluding hydrogens is 443 g/mol. The lowest BCUT2D eigenvalue weighted by Crippen LogP contribution is -2.30. The van der Waals surface area contributed by atoms with E-state index in [0.29, 0.717) is 27.0 Å². The van der Waals surface area contributed by atoms with Gasteiger partial charge in [-0.25, -0.2) is 9.37 Å². The highest BCUT2D eigenvalue weighted by molar-refractivity contribution is 7.17. The van der Waals surface area contributed by atoms with Crippen molar-refractivity contribution < 1.29 is 23.5 Å². The number of carbonyl (C=O) groups is 2. The first-order valence-electron chi connectivity index (χ1n) is 10.1. The van der Waals surface area contributed by atoms with Gasteiger partial charge in [0.15, 0.2) is 5.76 Å². The molecule has 6 nitrogen and oxygen atoms in total. The van der Waals surface area contributed by atoms with Crippen LogP contribution in [0.3, 0.4) is 0 Å². The van der Waals surface area contributed by atoms with Gasteiger partial charge in [-0.05, 0) is 43.3 Å². The van der Waals surface area contributed by atoms with Gasteiger partial charge in [-0.1, -0.05) is 30.3 Å². The van der Waals surface area contributed by atoms with Crippen LogP contribution in [0.2, 0.25) is 0 Å². The van der Waals surface area contributed by atoms with E-state index in [1.165, 1.54) is 46.8 Å². The number of aliphatic hydroxyl groups excluding tert-OH is 1. The smallest absolute Gasteiger partial charge is 0.294 e. The van der Waals surface area contributed by atoms with Gasteiger partial charge < -0.3 is 9.52 Å². The second-order valence-corrected chi connectivity index (χ2v) is 8.46. The van der Waals surface area contributed by atoms with Gasteiger partial charge >= 0.3 is 0 Å². The molecule has 0 saturated carbocycles. The number of anilines is 1. The predicted molar refractivity (Wildman–Crippen MR) is 122 cm³/mol. The van der Waals surface area contributed by atoms with Crippen molar-refractivity contribution in [1.82, 2.24) is 4.98 Å². The number of aryl methyl sites for hydroxylation is 1. The van der Waals surface area contributed by atoms with Crippen LogP contribution in [-0.2, 0) is 4.79 Å². The minimum atomic E-state index is -1.01. The maximum Gasteiger partial charge on any atom is 0.294 e. The number of amides is 1. The number of ketones is 1. The molecule has 1 N–H and O–H groups in total. The molecule has 1 aliphatic heterocycles. The number of hydrogen-bond donors (Lipinski definition) is 1. The van der Waals surface area contributed by atoms with E-state index in [9.17, 15) is 19.1 Å². The number of benzene rings is 2. The summed E-state index contributed by atoms with van der Waals surface area (Å²) in [5.41, 5.74) is 1.57. The predicted octanol–water partition coefficient (Wildman–Crippen LogP) is 5.63. The Morgan fingerprint density at radius 1 is 1.09 bits per heavy atom. The lowest BCUT2D eigenvalue weighted by Gasteiger charge is -2.24. The van der Waals surface area contributed by atoms with Gasteiger partial charge in [-0.3, -0.25) is 14.5 Å². The third-order valence-corrected chi connectivity index (χ3v) is 6.60. The Morgan fingerprint density at radius 3 is 2.48 bits per heavy atom. The summed E-state index contributed by atoms with van der Waals surface area (Å²) in [7, 11) is 0. The van der Waals surface area contributed by atoms with Crippen molar-refractivity contribution >= 4 is 28.7 Å². The summed E-state index contributed by atoms with van der Waals surface area (Å²) in [5.74, 6) is -2.12. The topological polar surface area (TPSA) is 83.6 Å². The zero-order valence-corrected chi connectivity index (χ0v) is 18.2. The van der Waals surface area contributed by atoms with Crippen LogP contribution >= 0.6 is 11.3 Å². The van der Waals surface area contributed by atoms with Gasteiger partial charge in [0.1, 0.15) is 22.6 Å². The van der Waals surface area contributed by atoms with E-state index in [4.69, 9.17) is 4.42 Å². The summed E-state index contributed by atoms with van der Waals surface area (Å²) in [6, 6.07) is 16.9. The first-order chi connectivity index (χ1) is 16.0. The number of aliphatic hydroxyl groups is 1. The number of carbonyl (C=O) groups excluding carboxylic acids is 2. The molecule has 5 rings (SSSR count). The molecule has 1 amide bonds. The van der Waals surface area contributed by atoms with Crippen LogP contribution in [0.1, 0.15) is 27.2 Å². The van der Waals surface area contributed by atoms with Gasteiger partial charge in [0.2, 0.25) is 5.78 Å². The second kappa shape index (κ2) is 8.14. The van der Waals surface area contributed by atoms with E-state index < -0.39 is 29.3 Å². The minimum absolute atomic E-state index is 0.106. The SMILES string of the molecule is Cc1nc(-c2ccccc2)sc1C(=O)C1=C(O)C(=O)N(c2ccc(F)cc2)C1c1ccco1. The Morgan fingerprint density at radius 2 is 1.82 bits per heavy atom. The van der Waals surface area contributed by atoms with Crippen molar-refractivity contribution in [2.75, 3.05) is 4.90 Å². The van der Waals surface area contributed by atoms with E-state index >= 15 is 0 Å². The van der Waals surface area contributed by atoms with Gasteiger partial charge in [0.05, 0.1) is 22.4 Å². The van der Waals surface area contributed by atoms with Gasteiger partial charge in [0, 0.05) is 11.3 Å². The molecule has 164 valence electrons. The molecule has 0 fully saturated rings. The molecule has 2 aromatic heterocycles. The first-order valence-corrected chi connectivity index (χ1v) is 10.9. The molecule has 1 unspecified atom stereocenters. The third-order valence-electron chi connectivity index (χ3n) is 5.39. The van der Waals surface area contributed by atoms with Crippen LogP contribution in [0.5, 0.6) is 0 Å².